The summed E-state index contributed by atoms with van der Waals surface area (Å²) in [5.74, 6) is 0.0174. The molecule has 2 N–H and O–H groups in total. The van der Waals surface area contributed by atoms with Gasteiger partial charge in [-0.05, 0) is 11.6 Å². The van der Waals surface area contributed by atoms with E-state index in [-0.39, 0.29) is 12.5 Å². The highest BCUT2D eigenvalue weighted by molar-refractivity contribution is 5.88. The number of benzene rings is 1. The van der Waals surface area contributed by atoms with Gasteiger partial charge in [-0.2, -0.15) is 0 Å². The second kappa shape index (κ2) is 5.01. The summed E-state index contributed by atoms with van der Waals surface area (Å²) in [6.45, 7) is 0.372. The Hall–Kier alpha value is -1.81. The van der Waals surface area contributed by atoms with Crippen LogP contribution < -0.4 is 0 Å². The second-order valence-corrected chi connectivity index (χ2v) is 4.08. The number of amides is 1. The Bertz CT molecular complexity index is 519. The number of aromatic nitrogens is 1. The van der Waals surface area contributed by atoms with Gasteiger partial charge in [0, 0.05) is 30.7 Å². The quantitative estimate of drug-likeness (QED) is 0.831. The number of carbonyl (C=O) groups excluding carboxylic acids is 1. The molecule has 0 atom stereocenters. The van der Waals surface area contributed by atoms with E-state index in [0.717, 1.165) is 16.5 Å². The molecule has 90 valence electrons. The molecule has 0 saturated carbocycles. The molecule has 0 spiro atoms. The molecule has 17 heavy (non-hydrogen) atoms. The molecule has 0 unspecified atom stereocenters. The Morgan fingerprint density at radius 2 is 2.18 bits per heavy atom. The summed E-state index contributed by atoms with van der Waals surface area (Å²) in [7, 11) is 1.70. The normalized spacial score (nSPS) is 10.7. The first kappa shape index (κ1) is 11.7. The highest BCUT2D eigenvalue weighted by atomic mass is 16.3. The number of rotatable bonds is 4. The van der Waals surface area contributed by atoms with Crippen LogP contribution in [0.2, 0.25) is 0 Å². The smallest absolute Gasteiger partial charge is 0.226 e. The largest absolute Gasteiger partial charge is 0.395 e. The van der Waals surface area contributed by atoms with Crippen LogP contribution in [0.5, 0.6) is 0 Å². The number of carbonyl (C=O) groups is 1. The highest BCUT2D eigenvalue weighted by Crippen LogP contribution is 2.18. The molecule has 0 aliphatic rings. The minimum atomic E-state index is -0.00384. The SMILES string of the molecule is CN(CCO)C(=O)Cc1c[nH]c2ccccc12. The van der Waals surface area contributed by atoms with E-state index in [1.165, 1.54) is 0 Å². The number of aliphatic hydroxyl groups is 1. The third kappa shape index (κ3) is 2.47. The van der Waals surface area contributed by atoms with Crippen LogP contribution in [-0.2, 0) is 11.2 Å². The van der Waals surface area contributed by atoms with Gasteiger partial charge >= 0.3 is 0 Å². The summed E-state index contributed by atoms with van der Waals surface area (Å²) in [5, 5.41) is 9.87. The minimum absolute atomic E-state index is 0.00384. The van der Waals surface area contributed by atoms with Gasteiger partial charge in [-0.1, -0.05) is 18.2 Å². The Labute approximate surface area is 99.9 Å². The number of H-pyrrole nitrogens is 1. The molecule has 0 saturated heterocycles. The van der Waals surface area contributed by atoms with Gasteiger partial charge in [0.25, 0.3) is 0 Å². The summed E-state index contributed by atoms with van der Waals surface area (Å²) in [6.07, 6.45) is 2.23. The van der Waals surface area contributed by atoms with Gasteiger partial charge in [-0.25, -0.2) is 0 Å². The lowest BCUT2D eigenvalue weighted by atomic mass is 10.1. The van der Waals surface area contributed by atoms with Crippen LogP contribution in [0.3, 0.4) is 0 Å². The van der Waals surface area contributed by atoms with E-state index in [0.29, 0.717) is 13.0 Å². The Balaban J connectivity index is 2.16. The molecule has 4 nitrogen and oxygen atoms in total. The van der Waals surface area contributed by atoms with Gasteiger partial charge in [0.2, 0.25) is 5.91 Å². The number of para-hydroxylation sites is 1. The van der Waals surface area contributed by atoms with Gasteiger partial charge < -0.3 is 15.0 Å². The maximum absolute atomic E-state index is 11.8. The fraction of sp³-hybridized carbons (Fsp3) is 0.308. The van der Waals surface area contributed by atoms with Crippen molar-refractivity contribution in [1.82, 2.24) is 9.88 Å². The van der Waals surface area contributed by atoms with Crippen LogP contribution in [0.15, 0.2) is 30.5 Å². The van der Waals surface area contributed by atoms with Crippen molar-refractivity contribution in [1.29, 1.82) is 0 Å². The fourth-order valence-corrected chi connectivity index (χ4v) is 1.85. The number of likely N-dealkylation sites (N-methyl/N-ethyl adjacent to an activating group) is 1. The molecule has 0 bridgehead atoms. The van der Waals surface area contributed by atoms with Crippen LogP contribution in [-0.4, -0.2) is 41.1 Å². The molecule has 4 heteroatoms. The van der Waals surface area contributed by atoms with Crippen molar-refractivity contribution in [3.63, 3.8) is 0 Å². The van der Waals surface area contributed by atoms with Crippen molar-refractivity contribution in [3.8, 4) is 0 Å². The maximum Gasteiger partial charge on any atom is 0.226 e. The average molecular weight is 232 g/mol. The first-order valence-corrected chi connectivity index (χ1v) is 5.62. The summed E-state index contributed by atoms with van der Waals surface area (Å²) in [4.78, 5) is 16.5. The molecule has 0 aliphatic carbocycles. The Kier molecular flexibility index (Phi) is 3.44. The molecule has 1 aromatic carbocycles. The highest BCUT2D eigenvalue weighted by Gasteiger charge is 2.11. The lowest BCUT2D eigenvalue weighted by molar-refractivity contribution is -0.129. The average Bonchev–Trinajstić information content (AvgIpc) is 2.73. The van der Waals surface area contributed by atoms with Crippen molar-refractivity contribution >= 4 is 16.8 Å². The number of aromatic amines is 1. The number of aliphatic hydroxyl groups excluding tert-OH is 1. The van der Waals surface area contributed by atoms with E-state index in [2.05, 4.69) is 4.98 Å². The van der Waals surface area contributed by atoms with Gasteiger partial charge in [-0.15, -0.1) is 0 Å². The molecule has 2 rings (SSSR count). The van der Waals surface area contributed by atoms with E-state index in [1.807, 2.05) is 30.5 Å². The van der Waals surface area contributed by atoms with Crippen molar-refractivity contribution in [2.45, 2.75) is 6.42 Å². The topological polar surface area (TPSA) is 56.3 Å². The predicted octanol–water partition coefficient (Wildman–Crippen LogP) is 1.16. The number of hydrogen-bond donors (Lipinski definition) is 2. The minimum Gasteiger partial charge on any atom is -0.395 e. The summed E-state index contributed by atoms with van der Waals surface area (Å²) in [6, 6.07) is 7.91. The van der Waals surface area contributed by atoms with E-state index in [4.69, 9.17) is 5.11 Å². The van der Waals surface area contributed by atoms with E-state index in [1.54, 1.807) is 11.9 Å². The van der Waals surface area contributed by atoms with Gasteiger partial charge in [-0.3, -0.25) is 4.79 Å². The molecule has 0 radical (unpaired) electrons. The summed E-state index contributed by atoms with van der Waals surface area (Å²) < 4.78 is 0. The van der Waals surface area contributed by atoms with E-state index >= 15 is 0 Å². The second-order valence-electron chi connectivity index (χ2n) is 4.08. The zero-order valence-corrected chi connectivity index (χ0v) is 9.81. The standard InChI is InChI=1S/C13H16N2O2/c1-15(6-7-16)13(17)8-10-9-14-12-5-3-2-4-11(10)12/h2-5,9,14,16H,6-8H2,1H3. The first-order chi connectivity index (χ1) is 8.22. The number of hydrogen-bond acceptors (Lipinski definition) is 2. The number of nitrogens with one attached hydrogen (secondary N) is 1. The van der Waals surface area contributed by atoms with Crippen LogP contribution in [0.1, 0.15) is 5.56 Å². The number of nitrogens with zero attached hydrogens (tertiary/aromatic N) is 1. The van der Waals surface area contributed by atoms with Gasteiger partial charge in [0.1, 0.15) is 0 Å². The third-order valence-electron chi connectivity index (χ3n) is 2.88. The van der Waals surface area contributed by atoms with Gasteiger partial charge in [0.05, 0.1) is 13.0 Å². The van der Waals surface area contributed by atoms with Crippen LogP contribution in [0.4, 0.5) is 0 Å². The molecule has 1 amide bonds. The molecule has 2 aromatic rings. The lowest BCUT2D eigenvalue weighted by Crippen LogP contribution is -2.30. The monoisotopic (exact) mass is 232 g/mol. The molecular formula is C13H16N2O2. The first-order valence-electron chi connectivity index (χ1n) is 5.62. The molecule has 0 fully saturated rings. The Morgan fingerprint density at radius 1 is 1.41 bits per heavy atom. The summed E-state index contributed by atoms with van der Waals surface area (Å²) in [5.41, 5.74) is 2.04. The van der Waals surface area contributed by atoms with E-state index in [9.17, 15) is 4.79 Å². The van der Waals surface area contributed by atoms with Crippen LogP contribution in [0, 0.1) is 0 Å². The van der Waals surface area contributed by atoms with Crippen molar-refractivity contribution in [2.75, 3.05) is 20.2 Å². The molecule has 1 aromatic heterocycles. The summed E-state index contributed by atoms with van der Waals surface area (Å²) >= 11 is 0. The Morgan fingerprint density at radius 3 is 2.94 bits per heavy atom. The fourth-order valence-electron chi connectivity index (χ4n) is 1.85. The predicted molar refractivity (Wildman–Crippen MR) is 66.7 cm³/mol. The maximum atomic E-state index is 11.8. The molecule has 0 aliphatic heterocycles. The van der Waals surface area contributed by atoms with Crippen molar-refractivity contribution in [2.24, 2.45) is 0 Å². The molecule has 1 heterocycles. The molecular weight excluding hydrogens is 216 g/mol. The lowest BCUT2D eigenvalue weighted by Gasteiger charge is -2.15. The van der Waals surface area contributed by atoms with Crippen molar-refractivity contribution in [3.05, 3.63) is 36.0 Å². The van der Waals surface area contributed by atoms with Crippen molar-refractivity contribution < 1.29 is 9.90 Å². The van der Waals surface area contributed by atoms with Crippen LogP contribution in [0.25, 0.3) is 10.9 Å². The number of fused-ring (bicyclic) bond motifs is 1. The van der Waals surface area contributed by atoms with Crippen LogP contribution >= 0.6 is 0 Å². The van der Waals surface area contributed by atoms with Gasteiger partial charge in [0.15, 0.2) is 0 Å². The zero-order chi connectivity index (χ0) is 12.3. The zero-order valence-electron chi connectivity index (χ0n) is 9.81. The van der Waals surface area contributed by atoms with E-state index < -0.39 is 0 Å². The third-order valence-corrected chi connectivity index (χ3v) is 2.88.